The number of nitrogens with zero attached hydrogens (tertiary/aromatic N) is 1. The minimum atomic E-state index is -0.205. The molecule has 0 spiro atoms. The van der Waals surface area contributed by atoms with E-state index in [9.17, 15) is 4.79 Å². The molecule has 0 saturated heterocycles. The minimum Gasteiger partial charge on any atom is -0.465 e. The third-order valence-corrected chi connectivity index (χ3v) is 8.23. The molecule has 4 unspecified atom stereocenters. The van der Waals surface area contributed by atoms with Crippen molar-refractivity contribution in [1.82, 2.24) is 0 Å². The molecule has 0 bridgehead atoms. The molecule has 0 radical (unpaired) electrons. The van der Waals surface area contributed by atoms with Crippen LogP contribution in [0.1, 0.15) is 151 Å². The maximum atomic E-state index is 12.0. The van der Waals surface area contributed by atoms with Gasteiger partial charge in [-0.25, -0.2) is 0 Å². The van der Waals surface area contributed by atoms with Crippen LogP contribution in [0.5, 0.6) is 0 Å². The lowest BCUT2D eigenvalue weighted by Gasteiger charge is -2.37. The van der Waals surface area contributed by atoms with E-state index in [1.807, 2.05) is 6.21 Å². The third-order valence-electron chi connectivity index (χ3n) is 8.23. The summed E-state index contributed by atoms with van der Waals surface area (Å²) < 4.78 is 5.51. The summed E-state index contributed by atoms with van der Waals surface area (Å²) in [6.45, 7) is 14.6. The summed E-state index contributed by atoms with van der Waals surface area (Å²) in [6, 6.07) is 0.845. The number of nitrogens with two attached hydrogens (primary N) is 2. The number of rotatable bonds is 15. The van der Waals surface area contributed by atoms with E-state index in [0.717, 1.165) is 38.1 Å². The average Bonchev–Trinajstić information content (AvgIpc) is 2.84. The van der Waals surface area contributed by atoms with Crippen LogP contribution in [0.4, 0.5) is 0 Å². The number of carbonyl (C=O) groups is 1. The summed E-state index contributed by atoms with van der Waals surface area (Å²) in [6.07, 6.45) is 22.4. The van der Waals surface area contributed by atoms with E-state index >= 15 is 0 Å². The Morgan fingerprint density at radius 2 is 1.63 bits per heavy atom. The minimum absolute atomic E-state index is 0.0646. The standard InChI is InChI=1S/C24H46N2O2.C9H19N/c1-4-5-6-7-8-9-10-11-12-16-23(27)28-20-24(2,3)19-26-22-15-13-14-21(17-22)18-25;1-7-4-8(10)6-9(2,3)5-7/h19,21-22H,4-18,20,25H2,1-3H3;7-8H,4-6,10H2,1-3H3. The van der Waals surface area contributed by atoms with E-state index in [1.54, 1.807) is 0 Å². The van der Waals surface area contributed by atoms with Crippen LogP contribution in [0.15, 0.2) is 4.99 Å². The van der Waals surface area contributed by atoms with Gasteiger partial charge in [0.05, 0.1) is 0 Å². The molecule has 2 aliphatic carbocycles. The second-order valence-corrected chi connectivity index (χ2v) is 14.1. The molecule has 2 saturated carbocycles. The first-order valence-electron chi connectivity index (χ1n) is 16.1. The first-order chi connectivity index (χ1) is 18.0. The smallest absolute Gasteiger partial charge is 0.305 e. The highest BCUT2D eigenvalue weighted by Crippen LogP contribution is 2.37. The van der Waals surface area contributed by atoms with Crippen molar-refractivity contribution in [1.29, 1.82) is 0 Å². The number of hydrogen-bond donors (Lipinski definition) is 2. The molecule has 0 amide bonds. The quantitative estimate of drug-likeness (QED) is 0.125. The molecular formula is C33H65N3O2. The monoisotopic (exact) mass is 536 g/mol. The Morgan fingerprint density at radius 1 is 1.00 bits per heavy atom. The molecule has 0 heterocycles. The Morgan fingerprint density at radius 3 is 2.21 bits per heavy atom. The van der Waals surface area contributed by atoms with E-state index in [-0.39, 0.29) is 11.4 Å². The molecule has 5 heteroatoms. The van der Waals surface area contributed by atoms with Gasteiger partial charge in [-0.3, -0.25) is 9.79 Å². The van der Waals surface area contributed by atoms with Crippen molar-refractivity contribution in [2.75, 3.05) is 13.2 Å². The second kappa shape index (κ2) is 19.2. The lowest BCUT2D eigenvalue weighted by Crippen LogP contribution is -2.36. The highest BCUT2D eigenvalue weighted by Gasteiger charge is 2.29. The zero-order valence-electron chi connectivity index (χ0n) is 26.2. The van der Waals surface area contributed by atoms with Crippen molar-refractivity contribution >= 4 is 12.2 Å². The fraction of sp³-hybridized carbons (Fsp3) is 0.939. The fourth-order valence-electron chi connectivity index (χ4n) is 6.30. The zero-order chi connectivity index (χ0) is 28.4. The summed E-state index contributed by atoms with van der Waals surface area (Å²) in [5, 5.41) is 0. The van der Waals surface area contributed by atoms with Gasteiger partial charge < -0.3 is 16.2 Å². The van der Waals surface area contributed by atoms with E-state index in [1.165, 1.54) is 77.0 Å². The van der Waals surface area contributed by atoms with Gasteiger partial charge in [-0.1, -0.05) is 99.3 Å². The number of esters is 1. The molecule has 0 aromatic heterocycles. The van der Waals surface area contributed by atoms with Crippen LogP contribution in [0.25, 0.3) is 0 Å². The maximum Gasteiger partial charge on any atom is 0.305 e. The molecule has 4 atom stereocenters. The van der Waals surface area contributed by atoms with Crippen molar-refractivity contribution in [2.45, 2.75) is 163 Å². The topological polar surface area (TPSA) is 90.7 Å². The van der Waals surface area contributed by atoms with E-state index in [2.05, 4.69) is 41.5 Å². The van der Waals surface area contributed by atoms with Crippen molar-refractivity contribution in [3.05, 3.63) is 0 Å². The van der Waals surface area contributed by atoms with E-state index in [4.69, 9.17) is 21.2 Å². The normalized spacial score (nSPS) is 25.6. The molecule has 2 fully saturated rings. The van der Waals surface area contributed by atoms with Gasteiger partial charge in [0.25, 0.3) is 0 Å². The van der Waals surface area contributed by atoms with E-state index < -0.39 is 0 Å². The van der Waals surface area contributed by atoms with Crippen LogP contribution in [0.2, 0.25) is 0 Å². The highest BCUT2D eigenvalue weighted by atomic mass is 16.5. The highest BCUT2D eigenvalue weighted by molar-refractivity contribution is 5.70. The summed E-state index contributed by atoms with van der Waals surface area (Å²) in [5.74, 6) is 1.39. The van der Waals surface area contributed by atoms with Gasteiger partial charge in [0.1, 0.15) is 6.61 Å². The Kier molecular flexibility index (Phi) is 17.7. The zero-order valence-corrected chi connectivity index (χ0v) is 26.2. The Labute approximate surface area is 236 Å². The first kappa shape index (κ1) is 35.1. The maximum absolute atomic E-state index is 12.0. The van der Waals surface area contributed by atoms with Crippen molar-refractivity contribution in [3.8, 4) is 0 Å². The number of hydrogen-bond acceptors (Lipinski definition) is 5. The van der Waals surface area contributed by atoms with Crippen LogP contribution >= 0.6 is 0 Å². The lowest BCUT2D eigenvalue weighted by atomic mass is 9.71. The predicted octanol–water partition coefficient (Wildman–Crippen LogP) is 8.22. The van der Waals surface area contributed by atoms with Crippen LogP contribution in [-0.4, -0.2) is 37.4 Å². The Bertz CT molecular complexity index is 634. The molecule has 5 nitrogen and oxygen atoms in total. The van der Waals surface area contributed by atoms with Crippen molar-refractivity contribution in [2.24, 2.45) is 39.1 Å². The molecule has 2 rings (SSSR count). The third kappa shape index (κ3) is 17.6. The lowest BCUT2D eigenvalue weighted by molar-refractivity contribution is -0.145. The molecular weight excluding hydrogens is 470 g/mol. The largest absolute Gasteiger partial charge is 0.465 e. The Hall–Kier alpha value is -0.940. The number of unbranched alkanes of at least 4 members (excludes halogenated alkanes) is 8. The summed E-state index contributed by atoms with van der Waals surface area (Å²) in [4.78, 5) is 16.8. The summed E-state index contributed by atoms with van der Waals surface area (Å²) in [5.41, 5.74) is 12.0. The van der Waals surface area contributed by atoms with E-state index in [0.29, 0.717) is 36.4 Å². The van der Waals surface area contributed by atoms with Crippen molar-refractivity contribution < 1.29 is 9.53 Å². The van der Waals surface area contributed by atoms with Crippen LogP contribution in [0, 0.1) is 22.7 Å². The molecule has 224 valence electrons. The molecule has 0 aromatic carbocycles. The molecule has 0 aromatic rings. The molecule has 4 N–H and O–H groups in total. The van der Waals surface area contributed by atoms with Gasteiger partial charge in [-0.15, -0.1) is 0 Å². The van der Waals surface area contributed by atoms with Crippen LogP contribution in [0.3, 0.4) is 0 Å². The van der Waals surface area contributed by atoms with Gasteiger partial charge in [-0.2, -0.15) is 0 Å². The van der Waals surface area contributed by atoms with Gasteiger partial charge in [0.2, 0.25) is 0 Å². The SMILES string of the molecule is CC1CC(N)CC(C)(C)C1.CCCCCCCCCCCC(=O)OCC(C)(C)C=NC1CCCC(CN)C1. The number of ether oxygens (including phenoxy) is 1. The summed E-state index contributed by atoms with van der Waals surface area (Å²) >= 11 is 0. The molecule has 2 aliphatic rings. The van der Waals surface area contributed by atoms with Gasteiger partial charge in [-0.05, 0) is 68.7 Å². The van der Waals surface area contributed by atoms with Gasteiger partial charge in [0.15, 0.2) is 0 Å². The van der Waals surface area contributed by atoms with Gasteiger partial charge >= 0.3 is 5.97 Å². The fourth-order valence-corrected chi connectivity index (χ4v) is 6.30. The second-order valence-electron chi connectivity index (χ2n) is 14.1. The van der Waals surface area contributed by atoms with Crippen molar-refractivity contribution in [3.63, 3.8) is 0 Å². The van der Waals surface area contributed by atoms with Crippen LogP contribution < -0.4 is 11.5 Å². The van der Waals surface area contributed by atoms with Crippen LogP contribution in [-0.2, 0) is 9.53 Å². The number of aliphatic imine (C=N–C) groups is 1. The number of carbonyl (C=O) groups excluding carboxylic acids is 1. The Balaban J connectivity index is 0.000000600. The average molecular weight is 536 g/mol. The van der Waals surface area contributed by atoms with Gasteiger partial charge in [0, 0.05) is 30.1 Å². The summed E-state index contributed by atoms with van der Waals surface area (Å²) in [7, 11) is 0. The molecule has 38 heavy (non-hydrogen) atoms. The first-order valence-corrected chi connectivity index (χ1v) is 16.1. The predicted molar refractivity (Wildman–Crippen MR) is 165 cm³/mol. The molecule has 0 aliphatic heterocycles.